The van der Waals surface area contributed by atoms with Gasteiger partial charge in [-0.1, -0.05) is 17.4 Å². The van der Waals surface area contributed by atoms with Gasteiger partial charge in [-0.25, -0.2) is 14.4 Å². The first-order valence-electron chi connectivity index (χ1n) is 7.34. The zero-order valence-electron chi connectivity index (χ0n) is 13.7. The highest BCUT2D eigenvalue weighted by Gasteiger charge is 2.23. The number of halogens is 2. The minimum atomic E-state index is -0.394. The molecular weight excluding hydrogens is 365 g/mol. The average molecular weight is 382 g/mol. The summed E-state index contributed by atoms with van der Waals surface area (Å²) >= 11 is 1.28. The molecule has 0 aliphatic carbocycles. The van der Waals surface area contributed by atoms with E-state index in [0.29, 0.717) is 22.9 Å². The SMILES string of the molecule is CN(C)CCN(C(=O)c1cnccn1)c1nc2c(F)cccc2s1.Cl. The third kappa shape index (κ3) is 4.28. The topological polar surface area (TPSA) is 62.2 Å². The summed E-state index contributed by atoms with van der Waals surface area (Å²) in [5, 5.41) is 0.451. The van der Waals surface area contributed by atoms with Gasteiger partial charge in [0.05, 0.1) is 10.9 Å². The van der Waals surface area contributed by atoms with Gasteiger partial charge in [0.15, 0.2) is 5.13 Å². The van der Waals surface area contributed by atoms with Crippen LogP contribution in [0.25, 0.3) is 10.2 Å². The second kappa shape index (κ2) is 8.28. The fraction of sp³-hybridized carbons (Fsp3) is 0.250. The number of amides is 1. The number of aromatic nitrogens is 3. The molecule has 3 rings (SSSR count). The first-order chi connectivity index (χ1) is 11.6. The molecule has 0 fully saturated rings. The molecule has 9 heteroatoms. The minimum absolute atomic E-state index is 0. The van der Waals surface area contributed by atoms with Crippen molar-refractivity contribution in [3.05, 3.63) is 48.3 Å². The van der Waals surface area contributed by atoms with E-state index in [1.165, 1.54) is 40.9 Å². The number of para-hydroxylation sites is 1. The third-order valence-corrected chi connectivity index (χ3v) is 4.43. The number of hydrogen-bond donors (Lipinski definition) is 0. The number of benzene rings is 1. The molecule has 132 valence electrons. The van der Waals surface area contributed by atoms with Crippen LogP contribution in [0.4, 0.5) is 9.52 Å². The van der Waals surface area contributed by atoms with Gasteiger partial charge in [-0.05, 0) is 26.2 Å². The number of nitrogens with zero attached hydrogens (tertiary/aromatic N) is 5. The smallest absolute Gasteiger partial charge is 0.280 e. The van der Waals surface area contributed by atoms with Gasteiger partial charge in [0, 0.05) is 25.5 Å². The van der Waals surface area contributed by atoms with E-state index >= 15 is 0 Å². The van der Waals surface area contributed by atoms with Gasteiger partial charge in [-0.3, -0.25) is 14.7 Å². The number of carbonyl (C=O) groups is 1. The summed E-state index contributed by atoms with van der Waals surface area (Å²) in [6, 6.07) is 4.78. The van der Waals surface area contributed by atoms with Gasteiger partial charge in [0.1, 0.15) is 17.0 Å². The Balaban J connectivity index is 0.00000225. The van der Waals surface area contributed by atoms with Gasteiger partial charge in [-0.2, -0.15) is 0 Å². The van der Waals surface area contributed by atoms with Crippen molar-refractivity contribution in [2.75, 3.05) is 32.1 Å². The number of hydrogen-bond acceptors (Lipinski definition) is 6. The van der Waals surface area contributed by atoms with Crippen molar-refractivity contribution in [1.29, 1.82) is 0 Å². The lowest BCUT2D eigenvalue weighted by Gasteiger charge is -2.21. The molecule has 6 nitrogen and oxygen atoms in total. The van der Waals surface area contributed by atoms with Crippen LogP contribution in [-0.2, 0) is 0 Å². The van der Waals surface area contributed by atoms with E-state index in [0.717, 1.165) is 0 Å². The lowest BCUT2D eigenvalue weighted by Crippen LogP contribution is -2.37. The van der Waals surface area contributed by atoms with Crippen LogP contribution in [0.2, 0.25) is 0 Å². The second-order valence-corrected chi connectivity index (χ2v) is 6.44. The molecule has 2 aromatic heterocycles. The number of carbonyl (C=O) groups excluding carboxylic acids is 1. The van der Waals surface area contributed by atoms with Crippen LogP contribution in [0.5, 0.6) is 0 Å². The highest BCUT2D eigenvalue weighted by Crippen LogP contribution is 2.30. The summed E-state index contributed by atoms with van der Waals surface area (Å²) in [4.78, 5) is 28.6. The van der Waals surface area contributed by atoms with Crippen LogP contribution in [0.15, 0.2) is 36.8 Å². The summed E-state index contributed by atoms with van der Waals surface area (Å²) in [5.41, 5.74) is 0.510. The maximum atomic E-state index is 13.9. The minimum Gasteiger partial charge on any atom is -0.308 e. The van der Waals surface area contributed by atoms with E-state index < -0.39 is 5.82 Å². The molecule has 0 aliphatic rings. The van der Waals surface area contributed by atoms with Crippen LogP contribution >= 0.6 is 23.7 Å². The lowest BCUT2D eigenvalue weighted by molar-refractivity contribution is 0.0980. The third-order valence-electron chi connectivity index (χ3n) is 3.39. The number of rotatable bonds is 5. The summed E-state index contributed by atoms with van der Waals surface area (Å²) in [5.74, 6) is -0.695. The van der Waals surface area contributed by atoms with E-state index in [9.17, 15) is 9.18 Å². The Morgan fingerprint density at radius 2 is 2.04 bits per heavy atom. The van der Waals surface area contributed by atoms with Crippen molar-refractivity contribution in [2.24, 2.45) is 0 Å². The molecule has 0 saturated carbocycles. The highest BCUT2D eigenvalue weighted by atomic mass is 35.5. The van der Waals surface area contributed by atoms with Crippen molar-refractivity contribution in [3.63, 3.8) is 0 Å². The van der Waals surface area contributed by atoms with Gasteiger partial charge < -0.3 is 4.90 Å². The molecule has 0 unspecified atom stereocenters. The molecular formula is C16H17ClFN5OS. The van der Waals surface area contributed by atoms with E-state index in [4.69, 9.17) is 0 Å². The lowest BCUT2D eigenvalue weighted by atomic mass is 10.3. The largest absolute Gasteiger partial charge is 0.308 e. The predicted molar refractivity (Wildman–Crippen MR) is 99.1 cm³/mol. The van der Waals surface area contributed by atoms with E-state index in [1.807, 2.05) is 19.0 Å². The van der Waals surface area contributed by atoms with E-state index in [-0.39, 0.29) is 29.5 Å². The van der Waals surface area contributed by atoms with Gasteiger partial charge in [-0.15, -0.1) is 12.4 Å². The number of fused-ring (bicyclic) bond motifs is 1. The Labute approximate surface area is 154 Å². The van der Waals surface area contributed by atoms with Crippen molar-refractivity contribution in [3.8, 4) is 0 Å². The molecule has 0 aliphatic heterocycles. The van der Waals surface area contributed by atoms with E-state index in [2.05, 4.69) is 15.0 Å². The van der Waals surface area contributed by atoms with Crippen molar-refractivity contribution < 1.29 is 9.18 Å². The summed E-state index contributed by atoms with van der Waals surface area (Å²) in [6.45, 7) is 1.06. The standard InChI is InChI=1S/C16H16FN5OS.ClH/c1-21(2)8-9-22(15(23)12-10-18-6-7-19-12)16-20-14-11(17)4-3-5-13(14)24-16;/h3-7,10H,8-9H2,1-2H3;1H. The first-order valence-corrected chi connectivity index (χ1v) is 8.15. The van der Waals surface area contributed by atoms with Gasteiger partial charge in [0.25, 0.3) is 5.91 Å². The maximum Gasteiger partial charge on any atom is 0.280 e. The molecule has 1 amide bonds. The molecule has 1 aromatic carbocycles. The fourth-order valence-corrected chi connectivity index (χ4v) is 3.15. The molecule has 0 saturated heterocycles. The van der Waals surface area contributed by atoms with Crippen LogP contribution in [0.1, 0.15) is 10.5 Å². The Morgan fingerprint density at radius 1 is 1.24 bits per heavy atom. The molecule has 0 radical (unpaired) electrons. The van der Waals surface area contributed by atoms with Crippen LogP contribution in [-0.4, -0.2) is 52.9 Å². The van der Waals surface area contributed by atoms with Gasteiger partial charge in [0.2, 0.25) is 0 Å². The molecule has 2 heterocycles. The second-order valence-electron chi connectivity index (χ2n) is 5.43. The Bertz CT molecular complexity index is 858. The predicted octanol–water partition coefficient (Wildman–Crippen LogP) is 2.86. The van der Waals surface area contributed by atoms with Crippen LogP contribution < -0.4 is 4.90 Å². The molecule has 0 bridgehead atoms. The van der Waals surface area contributed by atoms with E-state index in [1.54, 1.807) is 12.1 Å². The summed E-state index contributed by atoms with van der Waals surface area (Å²) in [7, 11) is 3.84. The van der Waals surface area contributed by atoms with Gasteiger partial charge >= 0.3 is 0 Å². The fourth-order valence-electron chi connectivity index (χ4n) is 2.15. The quantitative estimate of drug-likeness (QED) is 0.680. The van der Waals surface area contributed by atoms with Crippen molar-refractivity contribution in [1.82, 2.24) is 19.9 Å². The van der Waals surface area contributed by atoms with Crippen LogP contribution in [0.3, 0.4) is 0 Å². The number of anilines is 1. The normalized spacial score (nSPS) is 10.7. The Hall–Kier alpha value is -2.16. The molecule has 0 atom stereocenters. The number of thiazole rings is 1. The van der Waals surface area contributed by atoms with Crippen molar-refractivity contribution in [2.45, 2.75) is 0 Å². The molecule has 0 N–H and O–H groups in total. The number of likely N-dealkylation sites (N-methyl/N-ethyl adjacent to an activating group) is 1. The monoisotopic (exact) mass is 381 g/mol. The molecule has 3 aromatic rings. The summed E-state index contributed by atoms with van der Waals surface area (Å²) < 4.78 is 14.6. The highest BCUT2D eigenvalue weighted by molar-refractivity contribution is 7.22. The first kappa shape index (κ1) is 19.2. The molecule has 0 spiro atoms. The maximum absolute atomic E-state index is 13.9. The average Bonchev–Trinajstić information content (AvgIpc) is 3.01. The summed E-state index contributed by atoms with van der Waals surface area (Å²) in [6.07, 6.45) is 4.39. The zero-order valence-corrected chi connectivity index (χ0v) is 15.4. The zero-order chi connectivity index (χ0) is 17.1. The van der Waals surface area contributed by atoms with Crippen molar-refractivity contribution >= 4 is 45.0 Å². The molecule has 25 heavy (non-hydrogen) atoms. The Morgan fingerprint density at radius 3 is 2.68 bits per heavy atom. The Kier molecular flexibility index (Phi) is 6.35. The van der Waals surface area contributed by atoms with Crippen LogP contribution in [0, 0.1) is 5.82 Å².